The van der Waals surface area contributed by atoms with E-state index in [0.717, 1.165) is 28.4 Å². The third-order valence-electron chi connectivity index (χ3n) is 3.73. The normalized spacial score (nSPS) is 11.5. The zero-order chi connectivity index (χ0) is 18.2. The molecule has 0 heterocycles. The van der Waals surface area contributed by atoms with E-state index in [0.29, 0.717) is 13.2 Å². The summed E-state index contributed by atoms with van der Waals surface area (Å²) in [5.74, 6) is 2.06. The van der Waals surface area contributed by atoms with Crippen LogP contribution in [0, 0.1) is 13.8 Å². The predicted octanol–water partition coefficient (Wildman–Crippen LogP) is 3.27. The van der Waals surface area contributed by atoms with Gasteiger partial charge in [0.05, 0.1) is 13.7 Å². The largest absolute Gasteiger partial charge is 0.497 e. The molecule has 0 saturated carbocycles. The van der Waals surface area contributed by atoms with Crippen LogP contribution in [0.1, 0.15) is 18.1 Å². The minimum absolute atomic E-state index is 0.168. The van der Waals surface area contributed by atoms with Gasteiger partial charge in [-0.3, -0.25) is 4.79 Å². The highest BCUT2D eigenvalue weighted by Crippen LogP contribution is 2.20. The summed E-state index contributed by atoms with van der Waals surface area (Å²) in [5.41, 5.74) is 2.18. The van der Waals surface area contributed by atoms with E-state index in [4.69, 9.17) is 14.2 Å². The average Bonchev–Trinajstić information content (AvgIpc) is 2.61. The molecule has 1 amide bonds. The number of nitrogens with one attached hydrogen (secondary N) is 1. The van der Waals surface area contributed by atoms with Gasteiger partial charge in [0, 0.05) is 0 Å². The fourth-order valence-corrected chi connectivity index (χ4v) is 2.33. The maximum atomic E-state index is 12.1. The minimum atomic E-state index is -0.567. The second kappa shape index (κ2) is 8.97. The van der Waals surface area contributed by atoms with E-state index >= 15 is 0 Å². The lowest BCUT2D eigenvalue weighted by Gasteiger charge is -2.16. The number of hydrogen-bond acceptors (Lipinski definition) is 4. The highest BCUT2D eigenvalue weighted by atomic mass is 16.5. The summed E-state index contributed by atoms with van der Waals surface area (Å²) >= 11 is 0. The highest BCUT2D eigenvalue weighted by Gasteiger charge is 2.15. The lowest BCUT2D eigenvalue weighted by Crippen LogP contribution is -2.38. The van der Waals surface area contributed by atoms with Gasteiger partial charge < -0.3 is 19.5 Å². The Morgan fingerprint density at radius 2 is 1.76 bits per heavy atom. The molecule has 25 heavy (non-hydrogen) atoms. The van der Waals surface area contributed by atoms with Gasteiger partial charge in [-0.1, -0.05) is 17.7 Å². The standard InChI is InChI=1S/C20H25NO4/c1-14-5-10-19(15(2)13-14)25-16(3)20(22)21-11-12-24-18-8-6-17(23-4)7-9-18/h5-10,13,16H,11-12H2,1-4H3,(H,21,22). The van der Waals surface area contributed by atoms with Crippen LogP contribution in [-0.2, 0) is 4.79 Å². The molecule has 5 nitrogen and oxygen atoms in total. The van der Waals surface area contributed by atoms with Gasteiger partial charge >= 0.3 is 0 Å². The van der Waals surface area contributed by atoms with Crippen molar-refractivity contribution in [3.63, 3.8) is 0 Å². The molecule has 1 unspecified atom stereocenters. The number of methoxy groups -OCH3 is 1. The third kappa shape index (κ3) is 5.71. The van der Waals surface area contributed by atoms with Crippen LogP contribution in [0.15, 0.2) is 42.5 Å². The fourth-order valence-electron chi connectivity index (χ4n) is 2.33. The van der Waals surface area contributed by atoms with Gasteiger partial charge in [-0.25, -0.2) is 0 Å². The first-order valence-corrected chi connectivity index (χ1v) is 8.28. The van der Waals surface area contributed by atoms with Gasteiger partial charge in [0.25, 0.3) is 5.91 Å². The van der Waals surface area contributed by atoms with Crippen LogP contribution in [-0.4, -0.2) is 32.3 Å². The molecular weight excluding hydrogens is 318 g/mol. The summed E-state index contributed by atoms with van der Waals surface area (Å²) in [6.07, 6.45) is -0.567. The second-order valence-electron chi connectivity index (χ2n) is 5.84. The van der Waals surface area contributed by atoms with Crippen molar-refractivity contribution in [1.29, 1.82) is 0 Å². The van der Waals surface area contributed by atoms with Crippen molar-refractivity contribution in [2.75, 3.05) is 20.3 Å². The van der Waals surface area contributed by atoms with Crippen molar-refractivity contribution in [2.24, 2.45) is 0 Å². The Bertz CT molecular complexity index is 697. The van der Waals surface area contributed by atoms with Crippen molar-refractivity contribution < 1.29 is 19.0 Å². The molecule has 0 bridgehead atoms. The number of ether oxygens (including phenoxy) is 3. The van der Waals surface area contributed by atoms with Crippen molar-refractivity contribution in [3.05, 3.63) is 53.6 Å². The Kier molecular flexibility index (Phi) is 6.69. The minimum Gasteiger partial charge on any atom is -0.497 e. The first-order chi connectivity index (χ1) is 12.0. The molecule has 0 aliphatic carbocycles. The molecule has 0 aliphatic heterocycles. The Hall–Kier alpha value is -2.69. The molecule has 134 valence electrons. The maximum absolute atomic E-state index is 12.1. The number of rotatable bonds is 8. The van der Waals surface area contributed by atoms with Gasteiger partial charge in [-0.2, -0.15) is 0 Å². The Morgan fingerprint density at radius 3 is 2.40 bits per heavy atom. The molecule has 2 rings (SSSR count). The monoisotopic (exact) mass is 343 g/mol. The van der Waals surface area contributed by atoms with E-state index < -0.39 is 6.10 Å². The summed E-state index contributed by atoms with van der Waals surface area (Å²) in [5, 5.41) is 2.81. The molecule has 0 fully saturated rings. The number of carbonyl (C=O) groups excluding carboxylic acids is 1. The lowest BCUT2D eigenvalue weighted by atomic mass is 10.1. The van der Waals surface area contributed by atoms with E-state index in [1.54, 1.807) is 14.0 Å². The van der Waals surface area contributed by atoms with Crippen LogP contribution in [0.2, 0.25) is 0 Å². The van der Waals surface area contributed by atoms with Crippen LogP contribution in [0.3, 0.4) is 0 Å². The molecule has 0 radical (unpaired) electrons. The van der Waals surface area contributed by atoms with Gasteiger partial charge in [-0.05, 0) is 56.7 Å². The van der Waals surface area contributed by atoms with Crippen molar-refractivity contribution in [3.8, 4) is 17.2 Å². The molecule has 0 aromatic heterocycles. The maximum Gasteiger partial charge on any atom is 0.260 e. The van der Waals surface area contributed by atoms with Crippen LogP contribution < -0.4 is 19.5 Å². The Morgan fingerprint density at radius 1 is 1.08 bits per heavy atom. The molecule has 0 saturated heterocycles. The SMILES string of the molecule is COc1ccc(OCCNC(=O)C(C)Oc2ccc(C)cc2C)cc1. The zero-order valence-corrected chi connectivity index (χ0v) is 15.2. The van der Waals surface area contributed by atoms with Crippen LogP contribution in [0.4, 0.5) is 0 Å². The summed E-state index contributed by atoms with van der Waals surface area (Å²) in [7, 11) is 1.62. The van der Waals surface area contributed by atoms with Crippen molar-refractivity contribution in [1.82, 2.24) is 5.32 Å². The average molecular weight is 343 g/mol. The van der Waals surface area contributed by atoms with Crippen LogP contribution >= 0.6 is 0 Å². The van der Waals surface area contributed by atoms with Gasteiger partial charge in [0.15, 0.2) is 6.10 Å². The molecule has 1 atom stereocenters. The topological polar surface area (TPSA) is 56.8 Å². The third-order valence-corrected chi connectivity index (χ3v) is 3.73. The number of hydrogen-bond donors (Lipinski definition) is 1. The summed E-state index contributed by atoms with van der Waals surface area (Å²) in [6.45, 7) is 6.52. The molecule has 1 N–H and O–H groups in total. The molecule has 2 aromatic carbocycles. The molecule has 0 spiro atoms. The van der Waals surface area contributed by atoms with E-state index in [1.807, 2.05) is 56.3 Å². The summed E-state index contributed by atoms with van der Waals surface area (Å²) in [4.78, 5) is 12.1. The Labute approximate surface area is 148 Å². The lowest BCUT2D eigenvalue weighted by molar-refractivity contribution is -0.127. The van der Waals surface area contributed by atoms with Gasteiger partial charge in [0.2, 0.25) is 0 Å². The smallest absolute Gasteiger partial charge is 0.260 e. The van der Waals surface area contributed by atoms with Gasteiger partial charge in [0.1, 0.15) is 23.9 Å². The number of benzene rings is 2. The Balaban J connectivity index is 1.73. The molecule has 5 heteroatoms. The number of aryl methyl sites for hydroxylation is 2. The summed E-state index contributed by atoms with van der Waals surface area (Å²) < 4.78 is 16.4. The first kappa shape index (κ1) is 18.6. The summed E-state index contributed by atoms with van der Waals surface area (Å²) in [6, 6.07) is 13.2. The molecule has 0 aliphatic rings. The predicted molar refractivity (Wildman–Crippen MR) is 97.5 cm³/mol. The van der Waals surface area contributed by atoms with Crippen molar-refractivity contribution >= 4 is 5.91 Å². The van der Waals surface area contributed by atoms with E-state index in [9.17, 15) is 4.79 Å². The quantitative estimate of drug-likeness (QED) is 0.748. The number of carbonyl (C=O) groups is 1. The van der Waals surface area contributed by atoms with E-state index in [2.05, 4.69) is 5.32 Å². The first-order valence-electron chi connectivity index (χ1n) is 8.28. The number of amides is 1. The van der Waals surface area contributed by atoms with Gasteiger partial charge in [-0.15, -0.1) is 0 Å². The van der Waals surface area contributed by atoms with Crippen molar-refractivity contribution in [2.45, 2.75) is 26.9 Å². The van der Waals surface area contributed by atoms with Crippen LogP contribution in [0.5, 0.6) is 17.2 Å². The highest BCUT2D eigenvalue weighted by molar-refractivity contribution is 5.80. The fraction of sp³-hybridized carbons (Fsp3) is 0.350. The van der Waals surface area contributed by atoms with E-state index in [-0.39, 0.29) is 5.91 Å². The molecular formula is C20H25NO4. The van der Waals surface area contributed by atoms with E-state index in [1.165, 1.54) is 0 Å². The van der Waals surface area contributed by atoms with Crippen LogP contribution in [0.25, 0.3) is 0 Å². The molecule has 2 aromatic rings. The second-order valence-corrected chi connectivity index (χ2v) is 5.84. The zero-order valence-electron chi connectivity index (χ0n) is 15.2.